The van der Waals surface area contributed by atoms with Gasteiger partial charge < -0.3 is 14.6 Å². The van der Waals surface area contributed by atoms with Crippen LogP contribution in [0.3, 0.4) is 0 Å². The number of benzene rings is 3. The molecule has 0 aliphatic rings. The van der Waals surface area contributed by atoms with Crippen molar-refractivity contribution in [3.63, 3.8) is 0 Å². The molecule has 0 fully saturated rings. The first-order valence-corrected chi connectivity index (χ1v) is 10.8. The topological polar surface area (TPSA) is 56.2 Å². The van der Waals surface area contributed by atoms with Crippen LogP contribution in [0.5, 0.6) is 5.75 Å². The maximum absolute atomic E-state index is 12.3. The highest BCUT2D eigenvalue weighted by Gasteiger charge is 2.11. The fraction of sp³-hybridized carbons (Fsp3) is 0.231. The molecular weight excluding hydrogens is 386 g/mol. The van der Waals surface area contributed by atoms with Crippen molar-refractivity contribution in [3.8, 4) is 5.75 Å². The zero-order chi connectivity index (χ0) is 21.3. The Bertz CT molecular complexity index is 1110. The highest BCUT2D eigenvalue weighted by Crippen LogP contribution is 2.18. The second-order valence-corrected chi connectivity index (χ2v) is 7.41. The van der Waals surface area contributed by atoms with Crippen LogP contribution >= 0.6 is 0 Å². The van der Waals surface area contributed by atoms with Crippen molar-refractivity contribution in [1.82, 2.24) is 14.9 Å². The Morgan fingerprint density at radius 2 is 1.58 bits per heavy atom. The van der Waals surface area contributed by atoms with Crippen LogP contribution in [0.2, 0.25) is 0 Å². The van der Waals surface area contributed by atoms with Crippen molar-refractivity contribution < 1.29 is 9.53 Å². The highest BCUT2D eigenvalue weighted by molar-refractivity contribution is 5.94. The fourth-order valence-corrected chi connectivity index (χ4v) is 3.62. The molecule has 5 heteroatoms. The summed E-state index contributed by atoms with van der Waals surface area (Å²) < 4.78 is 8.07. The van der Waals surface area contributed by atoms with Gasteiger partial charge in [-0.25, -0.2) is 4.98 Å². The molecule has 0 aliphatic heterocycles. The summed E-state index contributed by atoms with van der Waals surface area (Å²) >= 11 is 0. The van der Waals surface area contributed by atoms with Crippen molar-refractivity contribution in [2.24, 2.45) is 0 Å². The number of para-hydroxylation sites is 3. The van der Waals surface area contributed by atoms with Gasteiger partial charge in [0.15, 0.2) is 0 Å². The van der Waals surface area contributed by atoms with Crippen LogP contribution in [0.25, 0.3) is 11.0 Å². The van der Waals surface area contributed by atoms with Crippen molar-refractivity contribution in [1.29, 1.82) is 0 Å². The average Bonchev–Trinajstić information content (AvgIpc) is 3.17. The molecule has 31 heavy (non-hydrogen) atoms. The minimum absolute atomic E-state index is 0.0543. The van der Waals surface area contributed by atoms with Gasteiger partial charge in [0, 0.05) is 25.1 Å². The largest absolute Gasteiger partial charge is 0.494 e. The van der Waals surface area contributed by atoms with Gasteiger partial charge in [-0.15, -0.1) is 0 Å². The number of imidazole rings is 1. The predicted molar refractivity (Wildman–Crippen MR) is 123 cm³/mol. The number of hydrogen-bond acceptors (Lipinski definition) is 3. The van der Waals surface area contributed by atoms with Gasteiger partial charge >= 0.3 is 0 Å². The second-order valence-electron chi connectivity index (χ2n) is 7.41. The van der Waals surface area contributed by atoms with Crippen molar-refractivity contribution >= 4 is 16.9 Å². The summed E-state index contributed by atoms with van der Waals surface area (Å²) in [6, 6.07) is 27.4. The van der Waals surface area contributed by atoms with E-state index < -0.39 is 0 Å². The van der Waals surface area contributed by atoms with E-state index in [2.05, 4.69) is 16.0 Å². The minimum atomic E-state index is -0.0543. The third-order valence-corrected chi connectivity index (χ3v) is 5.19. The minimum Gasteiger partial charge on any atom is -0.494 e. The monoisotopic (exact) mass is 413 g/mol. The molecule has 1 N–H and O–H groups in total. The van der Waals surface area contributed by atoms with Crippen LogP contribution in [0.15, 0.2) is 84.9 Å². The van der Waals surface area contributed by atoms with Crippen LogP contribution < -0.4 is 10.1 Å². The van der Waals surface area contributed by atoms with E-state index in [-0.39, 0.29) is 5.91 Å². The first-order chi connectivity index (χ1) is 15.3. The maximum Gasteiger partial charge on any atom is 0.251 e. The van der Waals surface area contributed by atoms with Crippen LogP contribution in [0.4, 0.5) is 0 Å². The summed E-state index contributed by atoms with van der Waals surface area (Å²) in [6.45, 7) is 2.12. The predicted octanol–water partition coefficient (Wildman–Crippen LogP) is 4.87. The SMILES string of the molecule is O=C(NCCc1nc2ccccc2n1CCCCOc1ccccc1)c1ccccc1. The van der Waals surface area contributed by atoms with Crippen LogP contribution in [0, 0.1) is 0 Å². The molecule has 158 valence electrons. The number of hydrogen-bond donors (Lipinski definition) is 1. The molecule has 1 heterocycles. The van der Waals surface area contributed by atoms with Crippen molar-refractivity contribution in [3.05, 3.63) is 96.3 Å². The summed E-state index contributed by atoms with van der Waals surface area (Å²) in [5, 5.41) is 3.00. The molecule has 4 aromatic rings. The zero-order valence-electron chi connectivity index (χ0n) is 17.5. The summed E-state index contributed by atoms with van der Waals surface area (Å²) in [7, 11) is 0. The van der Waals surface area contributed by atoms with Gasteiger partial charge in [0.25, 0.3) is 5.91 Å². The summed E-state index contributed by atoms with van der Waals surface area (Å²) in [5.74, 6) is 1.85. The van der Waals surface area contributed by atoms with Crippen LogP contribution in [0.1, 0.15) is 29.0 Å². The second kappa shape index (κ2) is 10.4. The molecule has 5 nitrogen and oxygen atoms in total. The summed E-state index contributed by atoms with van der Waals surface area (Å²) in [4.78, 5) is 17.1. The average molecular weight is 414 g/mol. The molecule has 0 radical (unpaired) electrons. The van der Waals surface area contributed by atoms with E-state index in [1.807, 2.05) is 78.9 Å². The van der Waals surface area contributed by atoms with Gasteiger partial charge in [0.2, 0.25) is 0 Å². The van der Waals surface area contributed by atoms with Crippen molar-refractivity contribution in [2.45, 2.75) is 25.8 Å². The van der Waals surface area contributed by atoms with E-state index in [4.69, 9.17) is 9.72 Å². The smallest absolute Gasteiger partial charge is 0.251 e. The van der Waals surface area contributed by atoms with Crippen molar-refractivity contribution in [2.75, 3.05) is 13.2 Å². The van der Waals surface area contributed by atoms with Gasteiger partial charge in [0.1, 0.15) is 11.6 Å². The number of aromatic nitrogens is 2. The van der Waals surface area contributed by atoms with Crippen LogP contribution in [-0.4, -0.2) is 28.6 Å². The number of amides is 1. The van der Waals surface area contributed by atoms with E-state index in [0.717, 1.165) is 42.0 Å². The molecule has 0 spiro atoms. The molecule has 4 rings (SSSR count). The highest BCUT2D eigenvalue weighted by atomic mass is 16.5. The number of carbonyl (C=O) groups is 1. The number of nitrogens with one attached hydrogen (secondary N) is 1. The Morgan fingerprint density at radius 3 is 2.39 bits per heavy atom. The number of fused-ring (bicyclic) bond motifs is 1. The van der Waals surface area contributed by atoms with Gasteiger partial charge in [-0.05, 0) is 49.2 Å². The fourth-order valence-electron chi connectivity index (χ4n) is 3.62. The number of unbranched alkanes of at least 4 members (excludes halogenated alkanes) is 1. The number of aryl methyl sites for hydroxylation is 1. The lowest BCUT2D eigenvalue weighted by Crippen LogP contribution is -2.26. The molecular formula is C26H27N3O2. The first-order valence-electron chi connectivity index (χ1n) is 10.8. The molecule has 0 unspecified atom stereocenters. The van der Waals surface area contributed by atoms with Gasteiger partial charge in [-0.2, -0.15) is 0 Å². The number of carbonyl (C=O) groups excluding carboxylic acids is 1. The third-order valence-electron chi connectivity index (χ3n) is 5.19. The Kier molecular flexibility index (Phi) is 6.96. The molecule has 1 amide bonds. The molecule has 0 aliphatic carbocycles. The van der Waals surface area contributed by atoms with E-state index in [1.165, 1.54) is 0 Å². The first kappa shape index (κ1) is 20.7. The van der Waals surface area contributed by atoms with E-state index in [1.54, 1.807) is 0 Å². The number of nitrogens with zero attached hydrogens (tertiary/aromatic N) is 2. The Hall–Kier alpha value is -3.60. The number of ether oxygens (including phenoxy) is 1. The normalized spacial score (nSPS) is 10.8. The van der Waals surface area contributed by atoms with E-state index >= 15 is 0 Å². The zero-order valence-corrected chi connectivity index (χ0v) is 17.5. The van der Waals surface area contributed by atoms with Gasteiger partial charge in [0.05, 0.1) is 17.6 Å². The van der Waals surface area contributed by atoms with E-state index in [0.29, 0.717) is 25.1 Å². The lowest BCUT2D eigenvalue weighted by atomic mass is 10.2. The third kappa shape index (κ3) is 5.51. The maximum atomic E-state index is 12.3. The standard InChI is InChI=1S/C26H27N3O2/c30-26(21-11-3-1-4-12-21)27-18-17-25-28-23-15-7-8-16-24(23)29(25)19-9-10-20-31-22-13-5-2-6-14-22/h1-8,11-16H,9-10,17-20H2,(H,27,30). The van der Waals surface area contributed by atoms with E-state index in [9.17, 15) is 4.79 Å². The molecule has 0 atom stereocenters. The molecule has 0 bridgehead atoms. The van der Waals surface area contributed by atoms with Gasteiger partial charge in [-0.1, -0.05) is 48.5 Å². The summed E-state index contributed by atoms with van der Waals surface area (Å²) in [6.07, 6.45) is 2.65. The summed E-state index contributed by atoms with van der Waals surface area (Å²) in [5.41, 5.74) is 2.80. The lowest BCUT2D eigenvalue weighted by molar-refractivity contribution is 0.0954. The number of rotatable bonds is 10. The molecule has 0 saturated heterocycles. The lowest BCUT2D eigenvalue weighted by Gasteiger charge is -2.11. The Morgan fingerprint density at radius 1 is 0.871 bits per heavy atom. The quantitative estimate of drug-likeness (QED) is 0.378. The molecule has 0 saturated carbocycles. The Balaban J connectivity index is 1.33. The van der Waals surface area contributed by atoms with Gasteiger partial charge in [-0.3, -0.25) is 4.79 Å². The molecule has 3 aromatic carbocycles. The van der Waals surface area contributed by atoms with Crippen LogP contribution in [-0.2, 0) is 13.0 Å². The Labute approximate surface area is 182 Å². The molecule has 1 aromatic heterocycles.